The predicted molar refractivity (Wildman–Crippen MR) is 132 cm³/mol. The molecule has 1 aliphatic carbocycles. The Morgan fingerprint density at radius 1 is 1.21 bits per heavy atom. The standard InChI is InChI=1S/C24H21F5N8OS/c1-22(21-32-12(10-39-21)9-11-4-5-11)14-16(30)33-18(34-17(14)35-20(22)38)15-13-3-2-7-31-19(13)37(36-15)8-6-23(25,26)24(27,28)29/h2-3,7,10-11H,4-6,8-9H2,1H3,(H3,30,33,34,35,38)/t22-/m0/s1. The summed E-state index contributed by atoms with van der Waals surface area (Å²) in [6.45, 7) is 0.935. The number of carbonyl (C=O) groups excluding carboxylic acids is 1. The smallest absolute Gasteiger partial charge is 0.383 e. The van der Waals surface area contributed by atoms with Crippen LogP contribution in [0, 0.1) is 5.92 Å². The molecule has 1 amide bonds. The van der Waals surface area contributed by atoms with Gasteiger partial charge in [-0.15, -0.1) is 11.3 Å². The van der Waals surface area contributed by atoms with Gasteiger partial charge in [0.05, 0.1) is 16.6 Å². The maximum Gasteiger partial charge on any atom is 0.453 e. The molecule has 1 atom stereocenters. The van der Waals surface area contributed by atoms with E-state index >= 15 is 0 Å². The van der Waals surface area contributed by atoms with Crippen molar-refractivity contribution in [2.45, 2.75) is 56.7 Å². The summed E-state index contributed by atoms with van der Waals surface area (Å²) in [6.07, 6.45) is -2.67. The Balaban J connectivity index is 1.38. The number of nitrogens with zero attached hydrogens (tertiary/aromatic N) is 6. The van der Waals surface area contributed by atoms with E-state index in [0.29, 0.717) is 21.9 Å². The number of pyridine rings is 1. The van der Waals surface area contributed by atoms with Gasteiger partial charge < -0.3 is 11.1 Å². The minimum absolute atomic E-state index is 0.00927. The van der Waals surface area contributed by atoms with E-state index in [9.17, 15) is 26.7 Å². The molecule has 6 rings (SSSR count). The van der Waals surface area contributed by atoms with E-state index in [1.54, 1.807) is 19.1 Å². The van der Waals surface area contributed by atoms with Gasteiger partial charge in [0.15, 0.2) is 11.5 Å². The molecule has 4 aromatic heterocycles. The van der Waals surface area contributed by atoms with E-state index < -0.39 is 30.5 Å². The highest BCUT2D eigenvalue weighted by Crippen LogP contribution is 2.46. The predicted octanol–water partition coefficient (Wildman–Crippen LogP) is 4.73. The van der Waals surface area contributed by atoms with Crippen molar-refractivity contribution in [2.24, 2.45) is 5.92 Å². The van der Waals surface area contributed by atoms with Crippen LogP contribution in [0.3, 0.4) is 0 Å². The van der Waals surface area contributed by atoms with Gasteiger partial charge in [0.1, 0.15) is 27.8 Å². The highest BCUT2D eigenvalue weighted by molar-refractivity contribution is 7.10. The maximum atomic E-state index is 13.6. The van der Waals surface area contributed by atoms with Crippen LogP contribution in [0.1, 0.15) is 42.5 Å². The van der Waals surface area contributed by atoms with Crippen LogP contribution in [-0.4, -0.2) is 47.7 Å². The van der Waals surface area contributed by atoms with Crippen LogP contribution in [0.5, 0.6) is 0 Å². The molecule has 0 bridgehead atoms. The molecule has 1 aliphatic heterocycles. The fourth-order valence-electron chi connectivity index (χ4n) is 4.68. The van der Waals surface area contributed by atoms with Crippen LogP contribution in [0.4, 0.5) is 33.6 Å². The average molecular weight is 565 g/mol. The van der Waals surface area contributed by atoms with Crippen molar-refractivity contribution in [3.63, 3.8) is 0 Å². The number of fused-ring (bicyclic) bond motifs is 2. The molecule has 0 unspecified atom stereocenters. The molecule has 3 N–H and O–H groups in total. The average Bonchev–Trinajstić information content (AvgIpc) is 3.31. The molecule has 0 spiro atoms. The zero-order valence-corrected chi connectivity index (χ0v) is 21.2. The number of alkyl halides is 5. The summed E-state index contributed by atoms with van der Waals surface area (Å²) in [5.74, 6) is -4.56. The number of hydrogen-bond acceptors (Lipinski definition) is 8. The number of anilines is 2. The normalized spacial score (nSPS) is 19.5. The zero-order chi connectivity index (χ0) is 27.7. The molecule has 2 aliphatic rings. The number of hydrogen-bond donors (Lipinski definition) is 2. The van der Waals surface area contributed by atoms with Crippen molar-refractivity contribution in [3.8, 4) is 11.5 Å². The van der Waals surface area contributed by atoms with Crippen LogP contribution < -0.4 is 11.1 Å². The van der Waals surface area contributed by atoms with E-state index in [4.69, 9.17) is 10.7 Å². The van der Waals surface area contributed by atoms with Gasteiger partial charge in [0.2, 0.25) is 5.91 Å². The number of aromatic nitrogens is 6. The Labute approximate surface area is 221 Å². The van der Waals surface area contributed by atoms with Gasteiger partial charge in [-0.05, 0) is 44.2 Å². The molecular weight excluding hydrogens is 543 g/mol. The summed E-state index contributed by atoms with van der Waals surface area (Å²) >= 11 is 1.36. The molecule has 1 fully saturated rings. The van der Waals surface area contributed by atoms with Crippen LogP contribution in [0.25, 0.3) is 22.6 Å². The molecule has 204 valence electrons. The lowest BCUT2D eigenvalue weighted by Gasteiger charge is -2.20. The van der Waals surface area contributed by atoms with Gasteiger partial charge >= 0.3 is 12.1 Å². The number of carbonyl (C=O) groups is 1. The molecule has 9 nitrogen and oxygen atoms in total. The first-order valence-corrected chi connectivity index (χ1v) is 13.0. The second-order valence-corrected chi connectivity index (χ2v) is 10.8. The fraction of sp³-hybridized carbons (Fsp3) is 0.417. The molecule has 39 heavy (non-hydrogen) atoms. The Bertz CT molecular complexity index is 1610. The van der Waals surface area contributed by atoms with Gasteiger partial charge in [0, 0.05) is 24.5 Å². The monoisotopic (exact) mass is 564 g/mol. The van der Waals surface area contributed by atoms with Gasteiger partial charge in [-0.2, -0.15) is 27.1 Å². The summed E-state index contributed by atoms with van der Waals surface area (Å²) in [5, 5.41) is 9.76. The Kier molecular flexibility index (Phi) is 5.65. The second kappa shape index (κ2) is 8.63. The Morgan fingerprint density at radius 3 is 2.69 bits per heavy atom. The van der Waals surface area contributed by atoms with Crippen molar-refractivity contribution >= 4 is 39.9 Å². The van der Waals surface area contributed by atoms with Gasteiger partial charge in [-0.1, -0.05) is 0 Å². The quantitative estimate of drug-likeness (QED) is 0.311. The second-order valence-electron chi connectivity index (χ2n) is 9.93. The number of aryl methyl sites for hydroxylation is 1. The van der Waals surface area contributed by atoms with Gasteiger partial charge in [-0.3, -0.25) is 4.79 Å². The first-order chi connectivity index (χ1) is 18.4. The van der Waals surface area contributed by atoms with Crippen molar-refractivity contribution in [1.29, 1.82) is 0 Å². The minimum Gasteiger partial charge on any atom is -0.383 e. The molecule has 0 saturated heterocycles. The maximum absolute atomic E-state index is 13.6. The summed E-state index contributed by atoms with van der Waals surface area (Å²) in [7, 11) is 0. The largest absolute Gasteiger partial charge is 0.453 e. The van der Waals surface area contributed by atoms with Gasteiger partial charge in [-0.25, -0.2) is 24.6 Å². The van der Waals surface area contributed by atoms with Crippen LogP contribution in [0.15, 0.2) is 23.7 Å². The lowest BCUT2D eigenvalue weighted by molar-refractivity contribution is -0.285. The van der Waals surface area contributed by atoms with Crippen LogP contribution >= 0.6 is 11.3 Å². The number of nitrogens with one attached hydrogen (secondary N) is 1. The van der Waals surface area contributed by atoms with E-state index in [-0.39, 0.29) is 34.7 Å². The summed E-state index contributed by atoms with van der Waals surface area (Å²) in [5.41, 5.74) is 6.55. The first-order valence-electron chi connectivity index (χ1n) is 12.1. The number of nitrogens with two attached hydrogens (primary N) is 1. The van der Waals surface area contributed by atoms with Crippen molar-refractivity contribution in [1.82, 2.24) is 29.7 Å². The molecule has 0 aromatic carbocycles. The van der Waals surface area contributed by atoms with E-state index in [1.165, 1.54) is 30.4 Å². The van der Waals surface area contributed by atoms with E-state index in [0.717, 1.165) is 16.8 Å². The molecule has 5 heterocycles. The van der Waals surface area contributed by atoms with Crippen molar-refractivity contribution in [2.75, 3.05) is 11.1 Å². The lowest BCUT2D eigenvalue weighted by Crippen LogP contribution is -2.37. The topological polar surface area (TPSA) is 125 Å². The third-order valence-corrected chi connectivity index (χ3v) is 8.18. The summed E-state index contributed by atoms with van der Waals surface area (Å²) in [6, 6.07) is 3.12. The van der Waals surface area contributed by atoms with Crippen LogP contribution in [0.2, 0.25) is 0 Å². The number of amides is 1. The molecule has 0 radical (unpaired) electrons. The van der Waals surface area contributed by atoms with Gasteiger partial charge in [0.25, 0.3) is 0 Å². The molecule has 4 aromatic rings. The van der Waals surface area contributed by atoms with Crippen LogP contribution in [-0.2, 0) is 23.2 Å². The molecule has 1 saturated carbocycles. The Hall–Kier alpha value is -3.75. The molecular formula is C24H21F5N8OS. The third-order valence-electron chi connectivity index (χ3n) is 7.07. The lowest BCUT2D eigenvalue weighted by atomic mass is 9.85. The minimum atomic E-state index is -5.69. The highest BCUT2D eigenvalue weighted by atomic mass is 32.1. The van der Waals surface area contributed by atoms with Crippen molar-refractivity contribution < 1.29 is 26.7 Å². The van der Waals surface area contributed by atoms with E-state index in [1.807, 2.05) is 5.38 Å². The third kappa shape index (κ3) is 4.19. The molecule has 15 heteroatoms. The Morgan fingerprint density at radius 2 is 1.97 bits per heavy atom. The number of nitrogen functional groups attached to an aromatic ring is 1. The SMILES string of the molecule is C[C@@]1(c2nc(CC3CC3)cs2)C(=O)Nc2nc(-c3nn(CCC(F)(F)C(F)(F)F)c4ncccc34)nc(N)c21. The number of rotatable bonds is 7. The highest BCUT2D eigenvalue weighted by Gasteiger charge is 2.57. The zero-order valence-electron chi connectivity index (χ0n) is 20.4. The first kappa shape index (κ1) is 25.5. The fourth-order valence-corrected chi connectivity index (χ4v) is 5.68. The summed E-state index contributed by atoms with van der Waals surface area (Å²) in [4.78, 5) is 30.8. The summed E-state index contributed by atoms with van der Waals surface area (Å²) < 4.78 is 66.2. The van der Waals surface area contributed by atoms with Crippen molar-refractivity contribution in [3.05, 3.63) is 40.0 Å². The van der Waals surface area contributed by atoms with E-state index in [2.05, 4.69) is 25.4 Å². The number of halogens is 5. The number of thiazole rings is 1.